The summed E-state index contributed by atoms with van der Waals surface area (Å²) in [5, 5.41) is 4.07. The van der Waals surface area contributed by atoms with E-state index in [9.17, 15) is 4.39 Å². The van der Waals surface area contributed by atoms with Gasteiger partial charge < -0.3 is 25.5 Å². The molecule has 3 aromatic rings. The smallest absolute Gasteiger partial charge is 0.193 e. The van der Waals surface area contributed by atoms with Gasteiger partial charge in [-0.3, -0.25) is 4.99 Å². The van der Waals surface area contributed by atoms with Gasteiger partial charge in [0.05, 0.1) is 13.2 Å². The van der Waals surface area contributed by atoms with Crippen LogP contribution < -0.4 is 20.5 Å². The van der Waals surface area contributed by atoms with Gasteiger partial charge >= 0.3 is 0 Å². The monoisotopic (exact) mass is 368 g/mol. The number of nitrogens with zero attached hydrogens (tertiary/aromatic N) is 1. The Morgan fingerprint density at radius 3 is 2.89 bits per heavy atom. The Kier molecular flexibility index (Phi) is 4.82. The Balaban J connectivity index is 1.39. The average Bonchev–Trinajstić information content (AvgIpc) is 2.89. The van der Waals surface area contributed by atoms with E-state index in [0.717, 1.165) is 34.3 Å². The molecular weight excluding hydrogens is 347 g/mol. The van der Waals surface area contributed by atoms with Crippen molar-refractivity contribution in [3.05, 3.63) is 54.0 Å². The lowest BCUT2D eigenvalue weighted by atomic mass is 10.1. The molecule has 1 aromatic heterocycles. The molecule has 0 saturated carbocycles. The number of aromatic amines is 1. The van der Waals surface area contributed by atoms with E-state index in [1.165, 1.54) is 12.1 Å². The SMILES string of the molecule is NC(=NCCc1c[nH]c2cc(F)ccc12)Nc1ccc2c(c1)OCCCO2. The van der Waals surface area contributed by atoms with Crippen molar-refractivity contribution < 1.29 is 13.9 Å². The molecular formula is C20H21FN4O2. The van der Waals surface area contributed by atoms with Crippen molar-refractivity contribution in [2.24, 2.45) is 10.7 Å². The largest absolute Gasteiger partial charge is 0.490 e. The molecule has 0 saturated heterocycles. The number of rotatable bonds is 4. The van der Waals surface area contributed by atoms with Gasteiger partial charge in [-0.05, 0) is 42.3 Å². The molecule has 0 fully saturated rings. The molecule has 0 amide bonds. The first-order valence-electron chi connectivity index (χ1n) is 8.91. The third-order valence-corrected chi connectivity index (χ3v) is 4.41. The maximum atomic E-state index is 13.3. The first-order chi connectivity index (χ1) is 13.2. The molecule has 0 bridgehead atoms. The molecule has 0 unspecified atom stereocenters. The van der Waals surface area contributed by atoms with Gasteiger partial charge in [0.2, 0.25) is 0 Å². The lowest BCUT2D eigenvalue weighted by Crippen LogP contribution is -2.23. The molecule has 2 heterocycles. The summed E-state index contributed by atoms with van der Waals surface area (Å²) in [6.45, 7) is 1.81. The van der Waals surface area contributed by atoms with E-state index in [0.29, 0.717) is 37.9 Å². The molecule has 140 valence electrons. The average molecular weight is 368 g/mol. The topological polar surface area (TPSA) is 84.7 Å². The van der Waals surface area contributed by atoms with Crippen LogP contribution >= 0.6 is 0 Å². The Labute approximate surface area is 156 Å². The first kappa shape index (κ1) is 17.2. The molecule has 0 atom stereocenters. The number of nitrogens with one attached hydrogen (secondary N) is 2. The quantitative estimate of drug-likeness (QED) is 0.486. The molecule has 0 aliphatic carbocycles. The highest BCUT2D eigenvalue weighted by atomic mass is 19.1. The summed E-state index contributed by atoms with van der Waals surface area (Å²) in [7, 11) is 0. The van der Waals surface area contributed by atoms with Crippen LogP contribution in [-0.2, 0) is 6.42 Å². The number of nitrogens with two attached hydrogens (primary N) is 1. The number of anilines is 1. The van der Waals surface area contributed by atoms with E-state index in [1.807, 2.05) is 24.4 Å². The summed E-state index contributed by atoms with van der Waals surface area (Å²) >= 11 is 0. The van der Waals surface area contributed by atoms with E-state index >= 15 is 0 Å². The van der Waals surface area contributed by atoms with Gasteiger partial charge in [-0.15, -0.1) is 0 Å². The van der Waals surface area contributed by atoms with Crippen molar-refractivity contribution in [2.45, 2.75) is 12.8 Å². The zero-order chi connectivity index (χ0) is 18.6. The number of aliphatic imine (C=N–C) groups is 1. The number of H-pyrrole nitrogens is 1. The van der Waals surface area contributed by atoms with Crippen LogP contribution in [0.15, 0.2) is 47.6 Å². The van der Waals surface area contributed by atoms with Crippen molar-refractivity contribution >= 4 is 22.5 Å². The molecule has 4 rings (SSSR count). The van der Waals surface area contributed by atoms with E-state index in [2.05, 4.69) is 15.3 Å². The zero-order valence-electron chi connectivity index (χ0n) is 14.8. The second-order valence-electron chi connectivity index (χ2n) is 6.36. The van der Waals surface area contributed by atoms with Crippen LogP contribution in [0.2, 0.25) is 0 Å². The number of hydrogen-bond acceptors (Lipinski definition) is 3. The Morgan fingerprint density at radius 2 is 2.00 bits per heavy atom. The third kappa shape index (κ3) is 3.97. The van der Waals surface area contributed by atoms with E-state index in [4.69, 9.17) is 15.2 Å². The van der Waals surface area contributed by atoms with Crippen LogP contribution in [0.25, 0.3) is 10.9 Å². The van der Waals surface area contributed by atoms with Gasteiger partial charge in [0.15, 0.2) is 17.5 Å². The predicted molar refractivity (Wildman–Crippen MR) is 104 cm³/mol. The Morgan fingerprint density at radius 1 is 1.15 bits per heavy atom. The van der Waals surface area contributed by atoms with Crippen molar-refractivity contribution in [3.63, 3.8) is 0 Å². The van der Waals surface area contributed by atoms with Crippen molar-refractivity contribution in [3.8, 4) is 11.5 Å². The van der Waals surface area contributed by atoms with Crippen molar-refractivity contribution in [2.75, 3.05) is 25.1 Å². The minimum Gasteiger partial charge on any atom is -0.490 e. The molecule has 27 heavy (non-hydrogen) atoms. The molecule has 0 radical (unpaired) electrons. The molecule has 4 N–H and O–H groups in total. The molecule has 1 aliphatic heterocycles. The minimum absolute atomic E-state index is 0.252. The van der Waals surface area contributed by atoms with Crippen LogP contribution in [0.3, 0.4) is 0 Å². The summed E-state index contributed by atoms with van der Waals surface area (Å²) in [6.07, 6.45) is 3.45. The maximum absolute atomic E-state index is 13.3. The molecule has 1 aliphatic rings. The van der Waals surface area contributed by atoms with E-state index < -0.39 is 0 Å². The predicted octanol–water partition coefficient (Wildman–Crippen LogP) is 3.44. The van der Waals surface area contributed by atoms with E-state index in [-0.39, 0.29) is 5.82 Å². The maximum Gasteiger partial charge on any atom is 0.193 e. The second kappa shape index (κ2) is 7.57. The van der Waals surface area contributed by atoms with Gasteiger partial charge in [-0.25, -0.2) is 4.39 Å². The van der Waals surface area contributed by atoms with Gasteiger partial charge in [-0.2, -0.15) is 0 Å². The van der Waals surface area contributed by atoms with Crippen molar-refractivity contribution in [1.82, 2.24) is 4.98 Å². The number of halogens is 1. The second-order valence-corrected chi connectivity index (χ2v) is 6.36. The van der Waals surface area contributed by atoms with Gasteiger partial charge in [0, 0.05) is 41.8 Å². The van der Waals surface area contributed by atoms with Crippen LogP contribution in [-0.4, -0.2) is 30.7 Å². The molecule has 7 heteroatoms. The fraction of sp³-hybridized carbons (Fsp3) is 0.250. The first-order valence-corrected chi connectivity index (χ1v) is 8.91. The fourth-order valence-electron chi connectivity index (χ4n) is 3.09. The number of guanidine groups is 1. The fourth-order valence-corrected chi connectivity index (χ4v) is 3.09. The van der Waals surface area contributed by atoms with Crippen LogP contribution in [0, 0.1) is 5.82 Å². The van der Waals surface area contributed by atoms with Crippen LogP contribution in [0.1, 0.15) is 12.0 Å². The minimum atomic E-state index is -0.252. The van der Waals surface area contributed by atoms with Gasteiger partial charge in [0.25, 0.3) is 0 Å². The summed E-state index contributed by atoms with van der Waals surface area (Å²) in [6, 6.07) is 10.3. The molecule has 6 nitrogen and oxygen atoms in total. The normalized spacial score (nSPS) is 14.2. The lowest BCUT2D eigenvalue weighted by Gasteiger charge is -2.10. The van der Waals surface area contributed by atoms with Gasteiger partial charge in [-0.1, -0.05) is 0 Å². The van der Waals surface area contributed by atoms with Crippen LogP contribution in [0.4, 0.5) is 10.1 Å². The van der Waals surface area contributed by atoms with Crippen LogP contribution in [0.5, 0.6) is 11.5 Å². The number of fused-ring (bicyclic) bond motifs is 2. The highest BCUT2D eigenvalue weighted by Crippen LogP contribution is 2.32. The molecule has 0 spiro atoms. The number of aromatic nitrogens is 1. The summed E-state index contributed by atoms with van der Waals surface area (Å²) < 4.78 is 24.5. The van der Waals surface area contributed by atoms with Gasteiger partial charge in [0.1, 0.15) is 5.82 Å². The standard InChI is InChI=1S/C20H21FN4O2/c21-14-2-4-16-13(12-24-17(16)10-14)6-7-23-20(22)25-15-3-5-18-19(11-15)27-9-1-8-26-18/h2-5,10-12,24H,1,6-9H2,(H3,22,23,25). The summed E-state index contributed by atoms with van der Waals surface area (Å²) in [4.78, 5) is 7.45. The summed E-state index contributed by atoms with van der Waals surface area (Å²) in [5.74, 6) is 1.52. The Hall–Kier alpha value is -3.22. The number of hydrogen-bond donors (Lipinski definition) is 3. The van der Waals surface area contributed by atoms with Crippen molar-refractivity contribution in [1.29, 1.82) is 0 Å². The zero-order valence-corrected chi connectivity index (χ0v) is 14.8. The number of benzene rings is 2. The third-order valence-electron chi connectivity index (χ3n) is 4.41. The molecule has 2 aromatic carbocycles. The number of ether oxygens (including phenoxy) is 2. The Bertz CT molecular complexity index is 983. The highest BCUT2D eigenvalue weighted by Gasteiger charge is 2.11. The highest BCUT2D eigenvalue weighted by molar-refractivity contribution is 5.92. The van der Waals surface area contributed by atoms with E-state index in [1.54, 1.807) is 6.07 Å². The summed E-state index contributed by atoms with van der Waals surface area (Å²) in [5.41, 5.74) is 8.65. The lowest BCUT2D eigenvalue weighted by molar-refractivity contribution is 0.297.